The summed E-state index contributed by atoms with van der Waals surface area (Å²) in [7, 11) is 9.68. The van der Waals surface area contributed by atoms with Gasteiger partial charge in [-0.05, 0) is 0 Å². The van der Waals surface area contributed by atoms with Crippen LogP contribution in [-0.4, -0.2) is 7.63 Å². The Balaban J connectivity index is 0.00000200. The Morgan fingerprint density at radius 2 is 1.81 bits per heavy atom. The summed E-state index contributed by atoms with van der Waals surface area (Å²) in [5.74, 6) is 0.536. The maximum Gasteiger partial charge on any atom is -0.147 e. The third kappa shape index (κ3) is 3.20. The van der Waals surface area contributed by atoms with E-state index in [9.17, 15) is 0 Å². The first kappa shape index (κ1) is 21.8. The van der Waals surface area contributed by atoms with Crippen LogP contribution in [-0.2, 0) is 13.0 Å². The summed E-state index contributed by atoms with van der Waals surface area (Å²) in [4.78, 5) is 0. The summed E-state index contributed by atoms with van der Waals surface area (Å²) in [6.45, 7) is 11.5. The molecule has 2 rings (SSSR count). The van der Waals surface area contributed by atoms with Crippen molar-refractivity contribution in [1.82, 2.24) is 0 Å². The molecule has 0 saturated carbocycles. The zero-order chi connectivity index (χ0) is 14.4. The van der Waals surface area contributed by atoms with E-state index in [-0.39, 0.29) is 24.8 Å². The molecule has 0 aromatic heterocycles. The second kappa shape index (κ2) is 7.11. The van der Waals surface area contributed by atoms with Crippen LogP contribution in [0.3, 0.4) is 0 Å². The van der Waals surface area contributed by atoms with Gasteiger partial charge in [0.25, 0.3) is 0 Å². The summed E-state index contributed by atoms with van der Waals surface area (Å²) >= 11 is -3.22. The zero-order valence-electron chi connectivity index (χ0n) is 13.6. The van der Waals surface area contributed by atoms with Gasteiger partial charge in [0.2, 0.25) is 0 Å². The van der Waals surface area contributed by atoms with Crippen molar-refractivity contribution < 1.29 is 13.0 Å². The molecule has 0 spiro atoms. The monoisotopic (exact) mass is 400 g/mol. The van der Waals surface area contributed by atoms with E-state index in [1.54, 1.807) is 7.76 Å². The fourth-order valence-electron chi connectivity index (χ4n) is 3.75. The maximum absolute atomic E-state index is 7.52. The number of rotatable bonds is 3. The van der Waals surface area contributed by atoms with E-state index >= 15 is 0 Å². The molecule has 2 aliphatic carbocycles. The van der Waals surface area contributed by atoms with Crippen LogP contribution >= 0.6 is 34.1 Å². The van der Waals surface area contributed by atoms with Gasteiger partial charge in [0.05, 0.1) is 0 Å². The van der Waals surface area contributed by atoms with Crippen molar-refractivity contribution >= 4 is 41.8 Å². The molecule has 120 valence electrons. The first-order valence-electron chi connectivity index (χ1n) is 7.23. The molecule has 1 unspecified atom stereocenters. The Kier molecular flexibility index (Phi) is 7.37. The van der Waals surface area contributed by atoms with Gasteiger partial charge in [0.15, 0.2) is 0 Å². The molecule has 0 heterocycles. The van der Waals surface area contributed by atoms with Crippen LogP contribution in [0, 0.1) is 5.92 Å². The number of allylic oxidation sites excluding steroid dienone is 8. The van der Waals surface area contributed by atoms with Crippen molar-refractivity contribution in [2.45, 2.75) is 45.8 Å². The predicted octanol–water partition coefficient (Wildman–Crippen LogP) is 5.76. The molecule has 0 nitrogen and oxygen atoms in total. The van der Waals surface area contributed by atoms with Crippen molar-refractivity contribution in [3.63, 3.8) is 0 Å². The van der Waals surface area contributed by atoms with Crippen molar-refractivity contribution in [2.75, 3.05) is 0 Å². The molecule has 0 aliphatic heterocycles. The smallest absolute Gasteiger partial charge is 0.147 e. The molecule has 0 bridgehead atoms. The van der Waals surface area contributed by atoms with E-state index in [4.69, 9.17) is 9.30 Å². The third-order valence-corrected chi connectivity index (χ3v) is 22.3. The van der Waals surface area contributed by atoms with Crippen molar-refractivity contribution in [3.05, 3.63) is 42.7 Å². The SMILES string of the molecule is C[CH2][Ti](=[SiH2])([Cl])([C]1=CC=CC1)[C]1=C(C)C(C)=C(C)C1C.Cl.Cl. The molecular formula is C16H27Cl3SiTi. The topological polar surface area (TPSA) is 0 Å². The molecule has 0 N–H and O–H groups in total. The minimum atomic E-state index is -3.22. The quantitative estimate of drug-likeness (QED) is 0.527. The second-order valence-corrected chi connectivity index (χ2v) is 26.1. The average molecular weight is 402 g/mol. The Morgan fingerprint density at radius 3 is 2.14 bits per heavy atom. The summed E-state index contributed by atoms with van der Waals surface area (Å²) in [5, 5.41) is 0. The van der Waals surface area contributed by atoms with Gasteiger partial charge < -0.3 is 0 Å². The standard InChI is InChI=1S/C9H13.C5H5.C2H5.3ClH.H2Si.Ti/c1-6-5-7(2)9(4)8(6)3;1-2-4-5-3-1;1-2;;;;;/h6H,1-4H3;1-3H,4H2;1H2,2H3;3*1H;1H2;/q;;;;;;;+1/p-1. The predicted molar refractivity (Wildman–Crippen MR) is 101 cm³/mol. The van der Waals surface area contributed by atoms with Gasteiger partial charge in [0.1, 0.15) is 0 Å². The van der Waals surface area contributed by atoms with Crippen molar-refractivity contribution in [2.24, 2.45) is 5.92 Å². The van der Waals surface area contributed by atoms with Gasteiger partial charge in [-0.3, -0.25) is 0 Å². The van der Waals surface area contributed by atoms with Crippen LogP contribution in [0.2, 0.25) is 4.73 Å². The molecule has 0 aromatic carbocycles. The van der Waals surface area contributed by atoms with E-state index < -0.39 is 13.0 Å². The minimum absolute atomic E-state index is 0. The molecule has 2 aliphatic rings. The van der Waals surface area contributed by atoms with E-state index in [1.807, 2.05) is 0 Å². The normalized spacial score (nSPS) is 22.2. The molecule has 0 saturated heterocycles. The third-order valence-electron chi connectivity index (χ3n) is 5.50. The summed E-state index contributed by atoms with van der Waals surface area (Å²) in [6.07, 6.45) is 7.82. The van der Waals surface area contributed by atoms with Crippen molar-refractivity contribution in [1.29, 1.82) is 0 Å². The second-order valence-electron chi connectivity index (χ2n) is 6.28. The summed E-state index contributed by atoms with van der Waals surface area (Å²) in [6, 6.07) is 0. The Bertz CT molecular complexity index is 625. The first-order chi connectivity index (χ1) is 8.73. The van der Waals surface area contributed by atoms with Gasteiger partial charge in [-0.25, -0.2) is 0 Å². The fraction of sp³-hybridized carbons (Fsp3) is 0.500. The molecule has 0 fully saturated rings. The zero-order valence-corrected chi connectivity index (χ0v) is 19.0. The van der Waals surface area contributed by atoms with Gasteiger partial charge in [-0.15, -0.1) is 24.8 Å². The minimum Gasteiger partial charge on any atom is -0.147 e. The Morgan fingerprint density at radius 1 is 1.24 bits per heavy atom. The summed E-state index contributed by atoms with van der Waals surface area (Å²) < 4.78 is 4.29. The van der Waals surface area contributed by atoms with Gasteiger partial charge >= 0.3 is 124 Å². The maximum atomic E-state index is 7.52. The number of hydrogen-bond acceptors (Lipinski definition) is 0. The van der Waals surface area contributed by atoms with Crippen LogP contribution in [0.1, 0.15) is 41.0 Å². The van der Waals surface area contributed by atoms with Crippen LogP contribution < -0.4 is 0 Å². The van der Waals surface area contributed by atoms with Crippen molar-refractivity contribution in [3.8, 4) is 0 Å². The number of halogens is 3. The number of hydrogen-bond donors (Lipinski definition) is 0. The van der Waals surface area contributed by atoms with Crippen LogP contribution in [0.25, 0.3) is 0 Å². The van der Waals surface area contributed by atoms with Crippen LogP contribution in [0.5, 0.6) is 0 Å². The molecule has 21 heavy (non-hydrogen) atoms. The Hall–Kier alpha value is 0.761. The van der Waals surface area contributed by atoms with E-state index in [0.717, 1.165) is 11.1 Å². The first-order valence-corrected chi connectivity index (χ1v) is 16.1. The van der Waals surface area contributed by atoms with Gasteiger partial charge in [0, 0.05) is 0 Å². The largest absolute Gasteiger partial charge is 0.147 e. The molecule has 1 atom stereocenters. The Labute approximate surface area is 148 Å². The molecule has 0 aromatic rings. The van der Waals surface area contributed by atoms with E-state index in [1.165, 1.54) is 16.7 Å². The molecule has 5 heteroatoms. The van der Waals surface area contributed by atoms with Crippen LogP contribution in [0.4, 0.5) is 0 Å². The molecule has 0 radical (unpaired) electrons. The molecular weight excluding hydrogens is 374 g/mol. The molecule has 0 amide bonds. The van der Waals surface area contributed by atoms with Crippen LogP contribution in [0.15, 0.2) is 42.7 Å². The summed E-state index contributed by atoms with van der Waals surface area (Å²) in [5.41, 5.74) is 4.49. The van der Waals surface area contributed by atoms with E-state index in [0.29, 0.717) is 5.92 Å². The average Bonchev–Trinajstić information content (AvgIpc) is 2.97. The fourth-order valence-corrected chi connectivity index (χ4v) is 16.1. The van der Waals surface area contributed by atoms with Gasteiger partial charge in [-0.2, -0.15) is 0 Å². The van der Waals surface area contributed by atoms with E-state index in [2.05, 4.69) is 60.5 Å². The van der Waals surface area contributed by atoms with Gasteiger partial charge in [-0.1, -0.05) is 0 Å².